The van der Waals surface area contributed by atoms with Crippen LogP contribution in [0.25, 0.3) is 0 Å². The Kier molecular flexibility index (Phi) is 5.13. The maximum absolute atomic E-state index is 12.8. The van der Waals surface area contributed by atoms with Gasteiger partial charge in [-0.1, -0.05) is 17.7 Å². The number of rotatable bonds is 5. The third-order valence-corrected chi connectivity index (χ3v) is 6.18. The SMILES string of the molecule is Cc1cc(C)c(S(=O)(=O)N(C)C(=O)CCc2ccnn2C)c(C)c1. The number of nitrogens with zero attached hydrogens (tertiary/aromatic N) is 3. The van der Waals surface area contributed by atoms with Gasteiger partial charge in [-0.3, -0.25) is 9.48 Å². The normalized spacial score (nSPS) is 11.5. The maximum atomic E-state index is 12.8. The van der Waals surface area contributed by atoms with Gasteiger partial charge in [-0.05, 0) is 44.4 Å². The zero-order chi connectivity index (χ0) is 18.1. The molecule has 1 aromatic carbocycles. The molecule has 0 unspecified atom stereocenters. The van der Waals surface area contributed by atoms with Gasteiger partial charge in [0.25, 0.3) is 10.0 Å². The van der Waals surface area contributed by atoms with Crippen molar-refractivity contribution in [1.82, 2.24) is 14.1 Å². The summed E-state index contributed by atoms with van der Waals surface area (Å²) in [7, 11) is -0.746. The van der Waals surface area contributed by atoms with Gasteiger partial charge >= 0.3 is 0 Å². The van der Waals surface area contributed by atoms with Gasteiger partial charge in [0.15, 0.2) is 0 Å². The molecule has 0 spiro atoms. The molecule has 7 heteroatoms. The fourth-order valence-corrected chi connectivity index (χ4v) is 4.45. The summed E-state index contributed by atoms with van der Waals surface area (Å²) in [6.07, 6.45) is 2.21. The number of sulfonamides is 1. The van der Waals surface area contributed by atoms with E-state index in [1.54, 1.807) is 31.8 Å². The lowest BCUT2D eigenvalue weighted by Crippen LogP contribution is -2.34. The van der Waals surface area contributed by atoms with E-state index in [2.05, 4.69) is 5.10 Å². The zero-order valence-corrected chi connectivity index (χ0v) is 15.5. The lowest BCUT2D eigenvalue weighted by molar-refractivity contribution is -0.125. The molecule has 0 saturated carbocycles. The minimum absolute atomic E-state index is 0.110. The number of aromatic nitrogens is 2. The molecule has 130 valence electrons. The van der Waals surface area contributed by atoms with E-state index in [0.717, 1.165) is 15.6 Å². The van der Waals surface area contributed by atoms with Gasteiger partial charge < -0.3 is 0 Å². The molecule has 1 heterocycles. The predicted octanol–water partition coefficient (Wildman–Crippen LogP) is 2.13. The molecule has 0 N–H and O–H groups in total. The molecular weight excluding hydrogens is 326 g/mol. The van der Waals surface area contributed by atoms with Gasteiger partial charge in [0, 0.05) is 32.4 Å². The van der Waals surface area contributed by atoms with Crippen molar-refractivity contribution < 1.29 is 13.2 Å². The van der Waals surface area contributed by atoms with Crippen molar-refractivity contribution >= 4 is 15.9 Å². The van der Waals surface area contributed by atoms with Crippen LogP contribution in [0, 0.1) is 20.8 Å². The van der Waals surface area contributed by atoms with E-state index >= 15 is 0 Å². The van der Waals surface area contributed by atoms with Crippen LogP contribution in [-0.4, -0.2) is 35.5 Å². The predicted molar refractivity (Wildman–Crippen MR) is 92.1 cm³/mol. The first-order valence-corrected chi connectivity index (χ1v) is 9.15. The molecule has 2 aromatic rings. The Labute approximate surface area is 143 Å². The fraction of sp³-hybridized carbons (Fsp3) is 0.412. The zero-order valence-electron chi connectivity index (χ0n) is 14.7. The quantitative estimate of drug-likeness (QED) is 0.829. The van der Waals surface area contributed by atoms with Crippen LogP contribution >= 0.6 is 0 Å². The largest absolute Gasteiger partial charge is 0.274 e. The summed E-state index contributed by atoms with van der Waals surface area (Å²) in [5, 5.41) is 4.04. The molecule has 24 heavy (non-hydrogen) atoms. The average molecular weight is 349 g/mol. The second-order valence-electron chi connectivity index (χ2n) is 6.04. The van der Waals surface area contributed by atoms with E-state index in [1.165, 1.54) is 7.05 Å². The van der Waals surface area contributed by atoms with Crippen LogP contribution in [0.15, 0.2) is 29.3 Å². The van der Waals surface area contributed by atoms with Crippen molar-refractivity contribution in [3.8, 4) is 0 Å². The number of aryl methyl sites for hydroxylation is 5. The maximum Gasteiger partial charge on any atom is 0.266 e. The van der Waals surface area contributed by atoms with Crippen molar-refractivity contribution in [2.75, 3.05) is 7.05 Å². The molecule has 0 saturated heterocycles. The van der Waals surface area contributed by atoms with Crippen LogP contribution in [0.4, 0.5) is 0 Å². The summed E-state index contributed by atoms with van der Waals surface area (Å²) in [6, 6.07) is 5.44. The Balaban J connectivity index is 2.23. The molecule has 0 radical (unpaired) electrons. The second-order valence-corrected chi connectivity index (χ2v) is 7.95. The van der Waals surface area contributed by atoms with Gasteiger partial charge in [-0.15, -0.1) is 0 Å². The summed E-state index contributed by atoms with van der Waals surface area (Å²) in [5.74, 6) is -0.435. The molecule has 6 nitrogen and oxygen atoms in total. The fourth-order valence-electron chi connectivity index (χ4n) is 2.88. The Hall–Kier alpha value is -2.15. The van der Waals surface area contributed by atoms with Crippen LogP contribution in [0.3, 0.4) is 0 Å². The highest BCUT2D eigenvalue weighted by atomic mass is 32.2. The Bertz CT molecular complexity index is 846. The smallest absolute Gasteiger partial charge is 0.266 e. The summed E-state index contributed by atoms with van der Waals surface area (Å²) in [5.41, 5.74) is 3.18. The van der Waals surface area contributed by atoms with E-state index in [0.29, 0.717) is 17.5 Å². The minimum atomic E-state index is -3.86. The van der Waals surface area contributed by atoms with Crippen molar-refractivity contribution in [3.63, 3.8) is 0 Å². The molecule has 0 bridgehead atoms. The standard InChI is InChI=1S/C17H23N3O3S/c1-12-10-13(2)17(14(3)11-12)24(22,23)20(5)16(21)7-6-15-8-9-18-19(15)4/h8-11H,6-7H2,1-5H3. The van der Waals surface area contributed by atoms with E-state index in [4.69, 9.17) is 0 Å². The van der Waals surface area contributed by atoms with E-state index in [9.17, 15) is 13.2 Å². The Morgan fingerprint density at radius 1 is 1.21 bits per heavy atom. The molecule has 0 fully saturated rings. The lowest BCUT2D eigenvalue weighted by Gasteiger charge is -2.20. The van der Waals surface area contributed by atoms with Gasteiger partial charge in [0.2, 0.25) is 5.91 Å². The highest BCUT2D eigenvalue weighted by Gasteiger charge is 2.28. The van der Waals surface area contributed by atoms with Crippen LogP contribution < -0.4 is 0 Å². The third-order valence-electron chi connectivity index (χ3n) is 4.09. The molecular formula is C17H23N3O3S. The van der Waals surface area contributed by atoms with Gasteiger partial charge in [0.1, 0.15) is 0 Å². The summed E-state index contributed by atoms with van der Waals surface area (Å²) in [4.78, 5) is 12.6. The highest BCUT2D eigenvalue weighted by Crippen LogP contribution is 2.25. The molecule has 0 aliphatic heterocycles. The third kappa shape index (κ3) is 3.51. The number of hydrogen-bond acceptors (Lipinski definition) is 4. The van der Waals surface area contributed by atoms with Crippen molar-refractivity contribution in [2.24, 2.45) is 7.05 Å². The molecule has 0 atom stereocenters. The summed E-state index contributed by atoms with van der Waals surface area (Å²) < 4.78 is 28.2. The van der Waals surface area contributed by atoms with Crippen LogP contribution in [-0.2, 0) is 28.3 Å². The lowest BCUT2D eigenvalue weighted by atomic mass is 10.1. The summed E-state index contributed by atoms with van der Waals surface area (Å²) >= 11 is 0. The topological polar surface area (TPSA) is 72.3 Å². The van der Waals surface area contributed by atoms with Gasteiger partial charge in [-0.2, -0.15) is 5.10 Å². The van der Waals surface area contributed by atoms with Crippen LogP contribution in [0.2, 0.25) is 0 Å². The Morgan fingerprint density at radius 2 is 1.79 bits per heavy atom. The number of benzene rings is 1. The molecule has 0 aliphatic rings. The number of hydrogen-bond donors (Lipinski definition) is 0. The van der Waals surface area contributed by atoms with Crippen molar-refractivity contribution in [1.29, 1.82) is 0 Å². The van der Waals surface area contributed by atoms with E-state index < -0.39 is 15.9 Å². The number of carbonyl (C=O) groups is 1. The molecule has 0 aliphatic carbocycles. The monoisotopic (exact) mass is 349 g/mol. The minimum Gasteiger partial charge on any atom is -0.274 e. The van der Waals surface area contributed by atoms with Gasteiger partial charge in [0.05, 0.1) is 4.90 Å². The molecule has 2 rings (SSSR count). The first kappa shape index (κ1) is 18.2. The first-order valence-electron chi connectivity index (χ1n) is 7.71. The number of carbonyl (C=O) groups excluding carboxylic acids is 1. The van der Waals surface area contributed by atoms with Crippen molar-refractivity contribution in [2.45, 2.75) is 38.5 Å². The van der Waals surface area contributed by atoms with E-state index in [1.807, 2.05) is 25.1 Å². The second kappa shape index (κ2) is 6.76. The van der Waals surface area contributed by atoms with Crippen molar-refractivity contribution in [3.05, 3.63) is 46.8 Å². The molecule has 1 aromatic heterocycles. The Morgan fingerprint density at radius 3 is 2.29 bits per heavy atom. The van der Waals surface area contributed by atoms with Gasteiger partial charge in [-0.25, -0.2) is 12.7 Å². The average Bonchev–Trinajstić information content (AvgIpc) is 2.87. The van der Waals surface area contributed by atoms with Crippen LogP contribution in [0.1, 0.15) is 28.8 Å². The first-order chi connectivity index (χ1) is 11.1. The number of amides is 1. The van der Waals surface area contributed by atoms with E-state index in [-0.39, 0.29) is 11.3 Å². The highest BCUT2D eigenvalue weighted by molar-refractivity contribution is 7.89. The summed E-state index contributed by atoms with van der Waals surface area (Å²) in [6.45, 7) is 5.42. The van der Waals surface area contributed by atoms with Crippen LogP contribution in [0.5, 0.6) is 0 Å². The molecule has 1 amide bonds.